The van der Waals surface area contributed by atoms with Crippen molar-refractivity contribution >= 4 is 0 Å². The molecule has 1 aliphatic rings. The van der Waals surface area contributed by atoms with Gasteiger partial charge in [-0.25, -0.2) is 0 Å². The van der Waals surface area contributed by atoms with Gasteiger partial charge in [-0.3, -0.25) is 0 Å². The first-order chi connectivity index (χ1) is 5.62. The van der Waals surface area contributed by atoms with E-state index >= 15 is 0 Å². The van der Waals surface area contributed by atoms with E-state index in [2.05, 4.69) is 6.92 Å². The van der Waals surface area contributed by atoms with E-state index in [1.807, 2.05) is 13.0 Å². The van der Waals surface area contributed by atoms with Crippen molar-refractivity contribution in [3.8, 4) is 0 Å². The molecule has 0 amide bonds. The molecule has 2 nitrogen and oxygen atoms in total. The van der Waals surface area contributed by atoms with Crippen LogP contribution in [-0.2, 0) is 0 Å². The van der Waals surface area contributed by atoms with Gasteiger partial charge in [0.1, 0.15) is 11.9 Å². The van der Waals surface area contributed by atoms with Crippen molar-refractivity contribution in [1.82, 2.24) is 0 Å². The highest BCUT2D eigenvalue weighted by Gasteiger charge is 2.46. The molecule has 0 spiro atoms. The zero-order chi connectivity index (χ0) is 8.77. The molecule has 1 aliphatic carbocycles. The summed E-state index contributed by atoms with van der Waals surface area (Å²) >= 11 is 0. The van der Waals surface area contributed by atoms with Gasteiger partial charge in [-0.1, -0.05) is 6.92 Å². The molecule has 2 heteroatoms. The molecule has 1 fully saturated rings. The third-order valence-corrected chi connectivity index (χ3v) is 2.72. The summed E-state index contributed by atoms with van der Waals surface area (Å²) < 4.78 is 5.24. The van der Waals surface area contributed by atoms with E-state index in [0.717, 1.165) is 18.4 Å². The number of aliphatic hydroxyl groups is 1. The molecular formula is C10H14O2. The number of rotatable bonds is 2. The fourth-order valence-electron chi connectivity index (χ4n) is 1.41. The Hall–Kier alpha value is -0.760. The molecule has 0 aromatic carbocycles. The summed E-state index contributed by atoms with van der Waals surface area (Å²) in [7, 11) is 0. The van der Waals surface area contributed by atoms with Crippen LogP contribution in [0.1, 0.15) is 37.2 Å². The van der Waals surface area contributed by atoms with Crippen molar-refractivity contribution < 1.29 is 9.52 Å². The van der Waals surface area contributed by atoms with Crippen LogP contribution in [0.2, 0.25) is 0 Å². The maximum absolute atomic E-state index is 9.84. The SMILES string of the molecule is Cc1coc(C(O)C2(C)CC2)c1. The predicted octanol–water partition coefficient (Wildman–Crippen LogP) is 2.42. The second-order valence-corrected chi connectivity index (χ2v) is 4.08. The topological polar surface area (TPSA) is 33.4 Å². The molecule has 1 saturated carbocycles. The van der Waals surface area contributed by atoms with Crippen LogP contribution in [0, 0.1) is 12.3 Å². The summed E-state index contributed by atoms with van der Waals surface area (Å²) in [6.45, 7) is 4.06. The Labute approximate surface area is 72.2 Å². The van der Waals surface area contributed by atoms with Crippen LogP contribution >= 0.6 is 0 Å². The summed E-state index contributed by atoms with van der Waals surface area (Å²) in [5.74, 6) is 0.715. The van der Waals surface area contributed by atoms with Crippen LogP contribution in [0.15, 0.2) is 16.7 Å². The molecule has 2 rings (SSSR count). The first-order valence-corrected chi connectivity index (χ1v) is 4.35. The minimum atomic E-state index is -0.411. The lowest BCUT2D eigenvalue weighted by molar-refractivity contribution is 0.0810. The van der Waals surface area contributed by atoms with Gasteiger partial charge in [-0.15, -0.1) is 0 Å². The van der Waals surface area contributed by atoms with Gasteiger partial charge in [0.05, 0.1) is 6.26 Å². The van der Waals surface area contributed by atoms with Crippen molar-refractivity contribution in [3.05, 3.63) is 23.7 Å². The fraction of sp³-hybridized carbons (Fsp3) is 0.600. The van der Waals surface area contributed by atoms with Crippen LogP contribution in [0.5, 0.6) is 0 Å². The molecule has 1 heterocycles. The van der Waals surface area contributed by atoms with Gasteiger partial charge in [-0.05, 0) is 31.4 Å². The van der Waals surface area contributed by atoms with E-state index in [4.69, 9.17) is 4.42 Å². The molecule has 1 aromatic heterocycles. The molecule has 1 N–H and O–H groups in total. The van der Waals surface area contributed by atoms with Crippen molar-refractivity contribution in [3.63, 3.8) is 0 Å². The van der Waals surface area contributed by atoms with Crippen LogP contribution in [0.4, 0.5) is 0 Å². The number of aryl methyl sites for hydroxylation is 1. The van der Waals surface area contributed by atoms with E-state index in [1.54, 1.807) is 6.26 Å². The smallest absolute Gasteiger partial charge is 0.133 e. The Bertz CT molecular complexity index is 284. The van der Waals surface area contributed by atoms with Gasteiger partial charge < -0.3 is 9.52 Å². The minimum absolute atomic E-state index is 0.0876. The monoisotopic (exact) mass is 166 g/mol. The fourth-order valence-corrected chi connectivity index (χ4v) is 1.41. The molecule has 0 saturated heterocycles. The van der Waals surface area contributed by atoms with Gasteiger partial charge in [0.25, 0.3) is 0 Å². The van der Waals surface area contributed by atoms with Gasteiger partial charge in [0.15, 0.2) is 0 Å². The largest absolute Gasteiger partial charge is 0.466 e. The quantitative estimate of drug-likeness (QED) is 0.732. The molecule has 0 radical (unpaired) electrons. The molecule has 1 unspecified atom stereocenters. The number of hydrogen-bond acceptors (Lipinski definition) is 2. The van der Waals surface area contributed by atoms with Gasteiger partial charge in [0.2, 0.25) is 0 Å². The van der Waals surface area contributed by atoms with E-state index < -0.39 is 6.10 Å². The first kappa shape index (κ1) is 7.87. The highest BCUT2D eigenvalue weighted by Crippen LogP contribution is 2.54. The van der Waals surface area contributed by atoms with Gasteiger partial charge >= 0.3 is 0 Å². The maximum atomic E-state index is 9.84. The lowest BCUT2D eigenvalue weighted by atomic mass is 10.00. The number of aliphatic hydroxyl groups excluding tert-OH is 1. The standard InChI is InChI=1S/C10H14O2/c1-7-5-8(12-6-7)9(11)10(2)3-4-10/h5-6,9,11H,3-4H2,1-2H3. The van der Waals surface area contributed by atoms with E-state index in [-0.39, 0.29) is 5.41 Å². The first-order valence-electron chi connectivity index (χ1n) is 4.35. The third kappa shape index (κ3) is 1.16. The Kier molecular flexibility index (Phi) is 1.55. The number of furan rings is 1. The van der Waals surface area contributed by atoms with Crippen LogP contribution in [-0.4, -0.2) is 5.11 Å². The highest BCUT2D eigenvalue weighted by atomic mass is 16.4. The van der Waals surface area contributed by atoms with Crippen molar-refractivity contribution in [1.29, 1.82) is 0 Å². The van der Waals surface area contributed by atoms with Gasteiger partial charge in [0, 0.05) is 5.41 Å². The Balaban J connectivity index is 2.19. The van der Waals surface area contributed by atoms with E-state index in [1.165, 1.54) is 0 Å². The van der Waals surface area contributed by atoms with Crippen molar-refractivity contribution in [2.45, 2.75) is 32.8 Å². The van der Waals surface area contributed by atoms with Crippen molar-refractivity contribution in [2.75, 3.05) is 0 Å². The molecule has 1 atom stereocenters. The summed E-state index contributed by atoms with van der Waals surface area (Å²) in [5.41, 5.74) is 1.16. The van der Waals surface area contributed by atoms with Crippen LogP contribution in [0.3, 0.4) is 0 Å². The Morgan fingerprint density at radius 1 is 1.58 bits per heavy atom. The third-order valence-electron chi connectivity index (χ3n) is 2.72. The second kappa shape index (κ2) is 2.36. The van der Waals surface area contributed by atoms with E-state index in [0.29, 0.717) is 5.76 Å². The predicted molar refractivity (Wildman–Crippen MR) is 45.7 cm³/mol. The Morgan fingerprint density at radius 3 is 2.67 bits per heavy atom. The average Bonchev–Trinajstić information content (AvgIpc) is 2.62. The van der Waals surface area contributed by atoms with Gasteiger partial charge in [-0.2, -0.15) is 0 Å². The zero-order valence-electron chi connectivity index (χ0n) is 7.50. The Morgan fingerprint density at radius 2 is 2.25 bits per heavy atom. The summed E-state index contributed by atoms with van der Waals surface area (Å²) in [6, 6.07) is 1.91. The molecule has 12 heavy (non-hydrogen) atoms. The molecule has 0 aliphatic heterocycles. The molecule has 66 valence electrons. The van der Waals surface area contributed by atoms with E-state index in [9.17, 15) is 5.11 Å². The second-order valence-electron chi connectivity index (χ2n) is 4.08. The molecule has 0 bridgehead atoms. The van der Waals surface area contributed by atoms with Crippen LogP contribution in [0.25, 0.3) is 0 Å². The highest BCUT2D eigenvalue weighted by molar-refractivity contribution is 5.16. The number of hydrogen-bond donors (Lipinski definition) is 1. The maximum Gasteiger partial charge on any atom is 0.133 e. The average molecular weight is 166 g/mol. The lowest BCUT2D eigenvalue weighted by Crippen LogP contribution is -2.08. The summed E-state index contributed by atoms with van der Waals surface area (Å²) in [6.07, 6.45) is 3.48. The minimum Gasteiger partial charge on any atom is -0.466 e. The normalized spacial score (nSPS) is 22.2. The van der Waals surface area contributed by atoms with Crippen molar-refractivity contribution in [2.24, 2.45) is 5.41 Å². The summed E-state index contributed by atoms with van der Waals surface area (Å²) in [5, 5.41) is 9.84. The molecular weight excluding hydrogens is 152 g/mol. The van der Waals surface area contributed by atoms with Crippen LogP contribution < -0.4 is 0 Å². The molecule has 1 aromatic rings. The lowest BCUT2D eigenvalue weighted by Gasteiger charge is -2.13. The summed E-state index contributed by atoms with van der Waals surface area (Å²) in [4.78, 5) is 0. The zero-order valence-corrected chi connectivity index (χ0v) is 7.50.